The van der Waals surface area contributed by atoms with Crippen LogP contribution in [0.2, 0.25) is 0 Å². The molecule has 1 saturated heterocycles. The van der Waals surface area contributed by atoms with Crippen molar-refractivity contribution in [1.82, 2.24) is 14.7 Å². The number of aromatic nitrogens is 2. The summed E-state index contributed by atoms with van der Waals surface area (Å²) in [7, 11) is -3.47. The Morgan fingerprint density at radius 1 is 1.61 bits per heavy atom. The smallest absolute Gasteiger partial charge is 0.257 e. The number of ether oxygens (including phenoxy) is 1. The zero-order valence-corrected chi connectivity index (χ0v) is 11.3. The van der Waals surface area contributed by atoms with E-state index in [1.54, 1.807) is 0 Å². The highest BCUT2D eigenvalue weighted by Crippen LogP contribution is 2.13. The van der Waals surface area contributed by atoms with Crippen LogP contribution in [0.5, 0.6) is 0 Å². The SMILES string of the molecule is CCc1ncc(S(=O)(=O)NCC2CCCOC2)[nH]1. The summed E-state index contributed by atoms with van der Waals surface area (Å²) in [5.74, 6) is 0.943. The highest BCUT2D eigenvalue weighted by molar-refractivity contribution is 7.89. The first kappa shape index (κ1) is 13.5. The Morgan fingerprint density at radius 2 is 2.44 bits per heavy atom. The normalized spacial score (nSPS) is 21.1. The summed E-state index contributed by atoms with van der Waals surface area (Å²) in [5.41, 5.74) is 0. The third kappa shape index (κ3) is 3.30. The molecule has 18 heavy (non-hydrogen) atoms. The van der Waals surface area contributed by atoms with Gasteiger partial charge in [-0.2, -0.15) is 0 Å². The fourth-order valence-electron chi connectivity index (χ4n) is 1.93. The number of aryl methyl sites for hydroxylation is 1. The Labute approximate surface area is 107 Å². The molecule has 0 aliphatic carbocycles. The quantitative estimate of drug-likeness (QED) is 0.826. The van der Waals surface area contributed by atoms with E-state index >= 15 is 0 Å². The van der Waals surface area contributed by atoms with E-state index in [0.717, 1.165) is 19.4 Å². The number of sulfonamides is 1. The molecule has 1 fully saturated rings. The van der Waals surface area contributed by atoms with Gasteiger partial charge in [0.25, 0.3) is 10.0 Å². The molecular weight excluding hydrogens is 254 g/mol. The molecule has 0 amide bonds. The van der Waals surface area contributed by atoms with Crippen LogP contribution < -0.4 is 4.72 Å². The van der Waals surface area contributed by atoms with Crippen LogP contribution in [0, 0.1) is 5.92 Å². The molecule has 1 atom stereocenters. The molecular formula is C11H19N3O3S. The number of aromatic amines is 1. The second-order valence-corrected chi connectivity index (χ2v) is 6.22. The van der Waals surface area contributed by atoms with E-state index in [0.29, 0.717) is 25.4 Å². The Balaban J connectivity index is 1.94. The van der Waals surface area contributed by atoms with Crippen molar-refractivity contribution in [2.45, 2.75) is 31.2 Å². The fourth-order valence-corrected chi connectivity index (χ4v) is 2.99. The molecule has 0 saturated carbocycles. The van der Waals surface area contributed by atoms with Crippen molar-refractivity contribution in [1.29, 1.82) is 0 Å². The third-order valence-electron chi connectivity index (χ3n) is 3.05. The van der Waals surface area contributed by atoms with E-state index in [2.05, 4.69) is 14.7 Å². The summed E-state index contributed by atoms with van der Waals surface area (Å²) in [6, 6.07) is 0. The van der Waals surface area contributed by atoms with E-state index in [9.17, 15) is 8.42 Å². The van der Waals surface area contributed by atoms with Crippen LogP contribution >= 0.6 is 0 Å². The molecule has 1 unspecified atom stereocenters. The van der Waals surface area contributed by atoms with Crippen molar-refractivity contribution in [3.05, 3.63) is 12.0 Å². The maximum absolute atomic E-state index is 12.0. The number of nitrogens with one attached hydrogen (secondary N) is 2. The second-order valence-electron chi connectivity index (χ2n) is 4.48. The first-order chi connectivity index (χ1) is 8.62. The molecule has 2 heterocycles. The zero-order valence-electron chi connectivity index (χ0n) is 10.5. The Kier molecular flexibility index (Phi) is 4.36. The van der Waals surface area contributed by atoms with Gasteiger partial charge in [0.15, 0.2) is 5.03 Å². The average Bonchev–Trinajstić information content (AvgIpc) is 2.87. The lowest BCUT2D eigenvalue weighted by atomic mass is 10.0. The Hall–Kier alpha value is -0.920. The summed E-state index contributed by atoms with van der Waals surface area (Å²) in [5, 5.41) is 0.135. The summed E-state index contributed by atoms with van der Waals surface area (Å²) < 4.78 is 31.9. The number of hydrogen-bond donors (Lipinski definition) is 2. The summed E-state index contributed by atoms with van der Waals surface area (Å²) in [6.45, 7) is 3.75. The lowest BCUT2D eigenvalue weighted by Gasteiger charge is -2.21. The molecule has 1 aliphatic rings. The number of rotatable bonds is 5. The van der Waals surface area contributed by atoms with Crippen molar-refractivity contribution in [2.24, 2.45) is 5.92 Å². The highest BCUT2D eigenvalue weighted by atomic mass is 32.2. The maximum Gasteiger partial charge on any atom is 0.257 e. The minimum Gasteiger partial charge on any atom is -0.381 e. The van der Waals surface area contributed by atoms with Crippen molar-refractivity contribution < 1.29 is 13.2 Å². The van der Waals surface area contributed by atoms with Crippen LogP contribution in [0.1, 0.15) is 25.6 Å². The van der Waals surface area contributed by atoms with Crippen molar-refractivity contribution in [3.8, 4) is 0 Å². The van der Waals surface area contributed by atoms with E-state index in [1.807, 2.05) is 6.92 Å². The summed E-state index contributed by atoms with van der Waals surface area (Å²) in [4.78, 5) is 6.79. The number of nitrogens with zero attached hydrogens (tertiary/aromatic N) is 1. The number of H-pyrrole nitrogens is 1. The van der Waals surface area contributed by atoms with Crippen LogP contribution in [0.4, 0.5) is 0 Å². The van der Waals surface area contributed by atoms with Gasteiger partial charge < -0.3 is 9.72 Å². The van der Waals surface area contributed by atoms with Crippen molar-refractivity contribution in [2.75, 3.05) is 19.8 Å². The topological polar surface area (TPSA) is 84.1 Å². The van der Waals surface area contributed by atoms with Crippen molar-refractivity contribution in [3.63, 3.8) is 0 Å². The predicted octanol–water partition coefficient (Wildman–Crippen LogP) is 0.677. The molecule has 102 valence electrons. The largest absolute Gasteiger partial charge is 0.381 e. The molecule has 0 bridgehead atoms. The molecule has 6 nitrogen and oxygen atoms in total. The third-order valence-corrected chi connectivity index (χ3v) is 4.38. The molecule has 7 heteroatoms. The van der Waals surface area contributed by atoms with E-state index in [1.165, 1.54) is 6.20 Å². The summed E-state index contributed by atoms with van der Waals surface area (Å²) >= 11 is 0. The van der Waals surface area contributed by atoms with Crippen LogP contribution in [-0.2, 0) is 21.2 Å². The second kappa shape index (κ2) is 5.81. The molecule has 2 N–H and O–H groups in total. The van der Waals surface area contributed by atoms with Gasteiger partial charge in [0.2, 0.25) is 0 Å². The van der Waals surface area contributed by atoms with E-state index < -0.39 is 10.0 Å². The predicted molar refractivity (Wildman–Crippen MR) is 66.7 cm³/mol. The molecule has 0 aromatic carbocycles. The Bertz CT molecular complexity index is 477. The zero-order chi connectivity index (χ0) is 13.0. The van der Waals surface area contributed by atoms with Crippen LogP contribution in [0.25, 0.3) is 0 Å². The first-order valence-electron chi connectivity index (χ1n) is 6.23. The molecule has 1 aromatic heterocycles. The summed E-state index contributed by atoms with van der Waals surface area (Å²) in [6.07, 6.45) is 4.05. The van der Waals surface area contributed by atoms with Crippen LogP contribution in [0.15, 0.2) is 11.2 Å². The van der Waals surface area contributed by atoms with E-state index in [-0.39, 0.29) is 10.9 Å². The lowest BCUT2D eigenvalue weighted by Crippen LogP contribution is -2.33. The van der Waals surface area contributed by atoms with Gasteiger partial charge >= 0.3 is 0 Å². The first-order valence-corrected chi connectivity index (χ1v) is 7.71. The minimum atomic E-state index is -3.47. The van der Waals surface area contributed by atoms with Gasteiger partial charge in [0.1, 0.15) is 5.82 Å². The van der Waals surface area contributed by atoms with Gasteiger partial charge in [0.05, 0.1) is 12.8 Å². The standard InChI is InChI=1S/C11H19N3O3S/c1-2-10-12-7-11(14-10)18(15,16)13-6-9-4-3-5-17-8-9/h7,9,13H,2-6,8H2,1H3,(H,12,14). The molecule has 0 radical (unpaired) electrons. The van der Waals surface area contributed by atoms with Gasteiger partial charge in [-0.05, 0) is 18.8 Å². The van der Waals surface area contributed by atoms with E-state index in [4.69, 9.17) is 4.74 Å². The molecule has 2 rings (SSSR count). The number of hydrogen-bond acceptors (Lipinski definition) is 4. The average molecular weight is 273 g/mol. The van der Waals surface area contributed by atoms with Crippen LogP contribution in [0.3, 0.4) is 0 Å². The van der Waals surface area contributed by atoms with Gasteiger partial charge in [-0.3, -0.25) is 0 Å². The van der Waals surface area contributed by atoms with Crippen LogP contribution in [-0.4, -0.2) is 38.1 Å². The van der Waals surface area contributed by atoms with Gasteiger partial charge in [-0.15, -0.1) is 0 Å². The maximum atomic E-state index is 12.0. The minimum absolute atomic E-state index is 0.135. The molecule has 1 aromatic rings. The lowest BCUT2D eigenvalue weighted by molar-refractivity contribution is 0.0568. The molecule has 0 spiro atoms. The molecule has 1 aliphatic heterocycles. The van der Waals surface area contributed by atoms with Gasteiger partial charge in [-0.25, -0.2) is 18.1 Å². The Morgan fingerprint density at radius 3 is 3.06 bits per heavy atom. The highest BCUT2D eigenvalue weighted by Gasteiger charge is 2.20. The monoisotopic (exact) mass is 273 g/mol. The number of imidazole rings is 1. The van der Waals surface area contributed by atoms with Gasteiger partial charge in [-0.1, -0.05) is 6.92 Å². The van der Waals surface area contributed by atoms with Gasteiger partial charge in [0, 0.05) is 19.6 Å². The van der Waals surface area contributed by atoms with Crippen molar-refractivity contribution >= 4 is 10.0 Å². The fraction of sp³-hybridized carbons (Fsp3) is 0.727.